The standard InChI is InChI=1S/C18H18N4O/c1-13-6-7-16-12-22(9-8-21(2)17(16)20-13)18(23)15-5-3-4-14(10-15)11-19/h3-7,10H,8-9,12H2,1-2H3. The number of amides is 1. The lowest BCUT2D eigenvalue weighted by Gasteiger charge is -2.21. The Bertz CT molecular complexity index is 794. The molecule has 5 nitrogen and oxygen atoms in total. The van der Waals surface area contributed by atoms with Crippen molar-refractivity contribution in [1.82, 2.24) is 9.88 Å². The fraction of sp³-hybridized carbons (Fsp3) is 0.278. The fourth-order valence-corrected chi connectivity index (χ4v) is 2.76. The van der Waals surface area contributed by atoms with Gasteiger partial charge in [0.15, 0.2) is 0 Å². The van der Waals surface area contributed by atoms with Crippen LogP contribution in [0.4, 0.5) is 5.82 Å². The Morgan fingerprint density at radius 2 is 2.09 bits per heavy atom. The monoisotopic (exact) mass is 306 g/mol. The highest BCUT2D eigenvalue weighted by atomic mass is 16.2. The summed E-state index contributed by atoms with van der Waals surface area (Å²) in [6.07, 6.45) is 0. The molecule has 0 fully saturated rings. The lowest BCUT2D eigenvalue weighted by Crippen LogP contribution is -2.34. The van der Waals surface area contributed by atoms with Gasteiger partial charge in [0.2, 0.25) is 0 Å². The molecular weight excluding hydrogens is 288 g/mol. The molecule has 0 bridgehead atoms. The summed E-state index contributed by atoms with van der Waals surface area (Å²) in [5, 5.41) is 9.00. The van der Waals surface area contributed by atoms with Crippen molar-refractivity contribution in [2.45, 2.75) is 13.5 Å². The van der Waals surface area contributed by atoms with Gasteiger partial charge in [-0.1, -0.05) is 12.1 Å². The van der Waals surface area contributed by atoms with Crippen LogP contribution in [0, 0.1) is 18.3 Å². The van der Waals surface area contributed by atoms with Crippen LogP contribution in [0.15, 0.2) is 36.4 Å². The minimum absolute atomic E-state index is 0.0519. The van der Waals surface area contributed by atoms with Crippen molar-refractivity contribution in [3.63, 3.8) is 0 Å². The first-order valence-corrected chi connectivity index (χ1v) is 7.55. The Morgan fingerprint density at radius 3 is 2.87 bits per heavy atom. The third-order valence-corrected chi connectivity index (χ3v) is 4.05. The van der Waals surface area contributed by atoms with Gasteiger partial charge in [-0.05, 0) is 31.2 Å². The first-order chi connectivity index (χ1) is 11.1. The maximum atomic E-state index is 12.8. The summed E-state index contributed by atoms with van der Waals surface area (Å²) < 4.78 is 0. The number of pyridine rings is 1. The van der Waals surface area contributed by atoms with E-state index in [1.54, 1.807) is 24.3 Å². The maximum absolute atomic E-state index is 12.8. The number of nitriles is 1. The van der Waals surface area contributed by atoms with Gasteiger partial charge in [-0.25, -0.2) is 4.98 Å². The molecule has 116 valence electrons. The molecule has 2 heterocycles. The molecule has 0 spiro atoms. The average Bonchev–Trinajstić information content (AvgIpc) is 2.74. The molecule has 1 aliphatic heterocycles. The van der Waals surface area contributed by atoms with Crippen molar-refractivity contribution in [1.29, 1.82) is 5.26 Å². The van der Waals surface area contributed by atoms with E-state index in [9.17, 15) is 4.79 Å². The number of carbonyl (C=O) groups excluding carboxylic acids is 1. The van der Waals surface area contributed by atoms with Gasteiger partial charge in [-0.15, -0.1) is 0 Å². The quantitative estimate of drug-likeness (QED) is 0.811. The molecule has 0 unspecified atom stereocenters. The molecule has 1 aliphatic rings. The van der Waals surface area contributed by atoms with E-state index < -0.39 is 0 Å². The maximum Gasteiger partial charge on any atom is 0.254 e. The van der Waals surface area contributed by atoms with Crippen molar-refractivity contribution in [3.8, 4) is 6.07 Å². The number of aryl methyl sites for hydroxylation is 1. The van der Waals surface area contributed by atoms with Crippen molar-refractivity contribution in [3.05, 3.63) is 58.8 Å². The van der Waals surface area contributed by atoms with Gasteiger partial charge in [0, 0.05) is 43.5 Å². The van der Waals surface area contributed by atoms with Crippen molar-refractivity contribution in [2.24, 2.45) is 0 Å². The van der Waals surface area contributed by atoms with Crippen LogP contribution in [0.3, 0.4) is 0 Å². The molecule has 0 saturated carbocycles. The Kier molecular flexibility index (Phi) is 3.98. The van der Waals surface area contributed by atoms with Crippen molar-refractivity contribution in [2.75, 3.05) is 25.0 Å². The smallest absolute Gasteiger partial charge is 0.254 e. The second-order valence-electron chi connectivity index (χ2n) is 5.78. The highest BCUT2D eigenvalue weighted by Crippen LogP contribution is 2.23. The van der Waals surface area contributed by atoms with E-state index >= 15 is 0 Å². The molecule has 0 radical (unpaired) electrons. The van der Waals surface area contributed by atoms with E-state index in [1.165, 1.54) is 0 Å². The molecular formula is C18H18N4O. The van der Waals surface area contributed by atoms with Crippen LogP contribution in [-0.2, 0) is 6.54 Å². The molecule has 23 heavy (non-hydrogen) atoms. The summed E-state index contributed by atoms with van der Waals surface area (Å²) in [4.78, 5) is 21.3. The Hall–Kier alpha value is -2.87. The second kappa shape index (κ2) is 6.09. The number of carbonyl (C=O) groups is 1. The number of nitrogens with zero attached hydrogens (tertiary/aromatic N) is 4. The third-order valence-electron chi connectivity index (χ3n) is 4.05. The average molecular weight is 306 g/mol. The van der Waals surface area contributed by atoms with Gasteiger partial charge in [0.1, 0.15) is 5.82 Å². The van der Waals surface area contributed by atoms with Crippen LogP contribution >= 0.6 is 0 Å². The van der Waals surface area contributed by atoms with Crippen molar-refractivity contribution < 1.29 is 4.79 Å². The van der Waals surface area contributed by atoms with E-state index in [2.05, 4.69) is 16.0 Å². The normalized spacial score (nSPS) is 14.0. The zero-order valence-electron chi connectivity index (χ0n) is 13.3. The lowest BCUT2D eigenvalue weighted by atomic mass is 10.1. The number of hydrogen-bond donors (Lipinski definition) is 0. The highest BCUT2D eigenvalue weighted by molar-refractivity contribution is 5.94. The zero-order chi connectivity index (χ0) is 16.4. The molecule has 0 aliphatic carbocycles. The summed E-state index contributed by atoms with van der Waals surface area (Å²) in [5.41, 5.74) is 3.06. The zero-order valence-corrected chi connectivity index (χ0v) is 13.3. The van der Waals surface area contributed by atoms with E-state index in [4.69, 9.17) is 5.26 Å². The largest absolute Gasteiger partial charge is 0.358 e. The van der Waals surface area contributed by atoms with Gasteiger partial charge >= 0.3 is 0 Å². The number of aromatic nitrogens is 1. The Labute approximate surface area is 135 Å². The number of fused-ring (bicyclic) bond motifs is 1. The first kappa shape index (κ1) is 15.0. The SMILES string of the molecule is Cc1ccc2c(n1)N(C)CCN(C(=O)c1cccc(C#N)c1)C2. The second-order valence-corrected chi connectivity index (χ2v) is 5.78. The van der Waals surface area contributed by atoms with Crippen molar-refractivity contribution >= 4 is 11.7 Å². The van der Waals surface area contributed by atoms with E-state index in [0.717, 1.165) is 23.6 Å². The van der Waals surface area contributed by atoms with E-state index in [1.807, 2.05) is 31.0 Å². The number of hydrogen-bond acceptors (Lipinski definition) is 4. The summed E-state index contributed by atoms with van der Waals surface area (Å²) in [5.74, 6) is 0.884. The predicted molar refractivity (Wildman–Crippen MR) is 88.1 cm³/mol. The van der Waals surface area contributed by atoms with Gasteiger partial charge < -0.3 is 9.80 Å². The van der Waals surface area contributed by atoms with Gasteiger partial charge in [0.05, 0.1) is 11.6 Å². The molecule has 3 rings (SSSR count). The van der Waals surface area contributed by atoms with Crippen LogP contribution in [0.5, 0.6) is 0 Å². The lowest BCUT2D eigenvalue weighted by molar-refractivity contribution is 0.0751. The molecule has 1 aromatic heterocycles. The Balaban J connectivity index is 1.90. The molecule has 1 aromatic carbocycles. The number of anilines is 1. The Morgan fingerprint density at radius 1 is 1.26 bits per heavy atom. The first-order valence-electron chi connectivity index (χ1n) is 7.55. The van der Waals surface area contributed by atoms with Crippen LogP contribution in [0.1, 0.15) is 27.2 Å². The molecule has 0 saturated heterocycles. The van der Waals surface area contributed by atoms with Gasteiger partial charge in [0.25, 0.3) is 5.91 Å². The molecule has 1 amide bonds. The summed E-state index contributed by atoms with van der Waals surface area (Å²) in [7, 11) is 2.00. The topological polar surface area (TPSA) is 60.2 Å². The summed E-state index contributed by atoms with van der Waals surface area (Å²) >= 11 is 0. The minimum Gasteiger partial charge on any atom is -0.358 e. The highest BCUT2D eigenvalue weighted by Gasteiger charge is 2.23. The fourth-order valence-electron chi connectivity index (χ4n) is 2.76. The predicted octanol–water partition coefficient (Wildman–Crippen LogP) is 2.35. The van der Waals surface area contributed by atoms with E-state index in [0.29, 0.717) is 24.2 Å². The van der Waals surface area contributed by atoms with Crippen LogP contribution in [0.2, 0.25) is 0 Å². The van der Waals surface area contributed by atoms with Crippen LogP contribution < -0.4 is 4.90 Å². The van der Waals surface area contributed by atoms with Gasteiger partial charge in [-0.3, -0.25) is 4.79 Å². The molecule has 0 atom stereocenters. The summed E-state index contributed by atoms with van der Waals surface area (Å²) in [6.45, 7) is 3.85. The number of rotatable bonds is 1. The number of benzene rings is 1. The molecule has 2 aromatic rings. The van der Waals surface area contributed by atoms with Crippen LogP contribution in [-0.4, -0.2) is 35.9 Å². The van der Waals surface area contributed by atoms with Crippen LogP contribution in [0.25, 0.3) is 0 Å². The van der Waals surface area contributed by atoms with E-state index in [-0.39, 0.29) is 5.91 Å². The molecule has 5 heteroatoms. The summed E-state index contributed by atoms with van der Waals surface area (Å²) in [6, 6.07) is 12.9. The van der Waals surface area contributed by atoms with Gasteiger partial charge in [-0.2, -0.15) is 5.26 Å². The number of likely N-dealkylation sites (N-methyl/N-ethyl adjacent to an activating group) is 1. The molecule has 0 N–H and O–H groups in total. The minimum atomic E-state index is -0.0519. The third kappa shape index (κ3) is 3.02.